The molecule has 0 saturated heterocycles. The zero-order chi connectivity index (χ0) is 26.8. The fourth-order valence-electron chi connectivity index (χ4n) is 3.05. The maximum atomic E-state index is 14.2. The number of hydrogen-bond donors (Lipinski definition) is 2. The van der Waals surface area contributed by atoms with E-state index in [2.05, 4.69) is 5.32 Å². The number of alkyl halides is 3. The fraction of sp³-hybridized carbons (Fsp3) is 0.350. The molecule has 0 spiro atoms. The number of thiophene rings is 1. The number of nitrogens with zero attached hydrogens (tertiary/aromatic N) is 1. The van der Waals surface area contributed by atoms with Crippen LogP contribution in [0, 0.1) is 30.2 Å². The lowest BCUT2D eigenvalue weighted by molar-refractivity contribution is -0.143. The number of rotatable bonds is 6. The largest absolute Gasteiger partial charge is 0.465 e. The first-order valence-corrected chi connectivity index (χ1v) is 11.0. The van der Waals surface area contributed by atoms with E-state index in [0.717, 1.165) is 18.4 Å². The number of halogens is 7. The molecule has 0 saturated carbocycles. The van der Waals surface area contributed by atoms with Crippen molar-refractivity contribution in [1.29, 1.82) is 0 Å². The van der Waals surface area contributed by atoms with E-state index in [-0.39, 0.29) is 21.0 Å². The molecule has 1 aromatic heterocycles. The predicted octanol–water partition coefficient (Wildman–Crippen LogP) is 5.71. The van der Waals surface area contributed by atoms with Gasteiger partial charge in [0.15, 0.2) is 28.4 Å². The summed E-state index contributed by atoms with van der Waals surface area (Å²) in [6.07, 6.45) is -5.70. The summed E-state index contributed by atoms with van der Waals surface area (Å²) in [7, 11) is 1.06. The number of ether oxygens (including phenoxy) is 1. The Morgan fingerprint density at radius 2 is 1.51 bits per heavy atom. The number of esters is 1. The van der Waals surface area contributed by atoms with Gasteiger partial charge >= 0.3 is 12.1 Å². The third kappa shape index (κ3) is 5.50. The highest BCUT2D eigenvalue weighted by Gasteiger charge is 2.42. The van der Waals surface area contributed by atoms with Crippen molar-refractivity contribution in [2.24, 2.45) is 0 Å². The van der Waals surface area contributed by atoms with Crippen LogP contribution in [0.2, 0.25) is 0 Å². The molecule has 35 heavy (non-hydrogen) atoms. The minimum atomic E-state index is -5.70. The molecule has 1 amide bonds. The molecule has 1 heterocycles. The average Bonchev–Trinajstić information content (AvgIpc) is 3.10. The zero-order valence-corrected chi connectivity index (χ0v) is 20.2. The van der Waals surface area contributed by atoms with E-state index < -0.39 is 57.7 Å². The van der Waals surface area contributed by atoms with Gasteiger partial charge in [-0.2, -0.15) is 13.2 Å². The summed E-state index contributed by atoms with van der Waals surface area (Å²) in [5, 5.41) is 3.27. The molecule has 0 atom stereocenters. The van der Waals surface area contributed by atoms with Crippen molar-refractivity contribution in [2.45, 2.75) is 26.9 Å². The molecular formula is C20H18F7N3O3S2. The Morgan fingerprint density at radius 1 is 1.00 bits per heavy atom. The summed E-state index contributed by atoms with van der Waals surface area (Å²) in [5.41, 5.74) is -4.31. The first-order chi connectivity index (χ1) is 16.2. The second-order valence-electron chi connectivity index (χ2n) is 6.81. The Kier molecular flexibility index (Phi) is 8.70. The van der Waals surface area contributed by atoms with Crippen molar-refractivity contribution in [3.63, 3.8) is 0 Å². The topological polar surface area (TPSA) is 70.7 Å². The van der Waals surface area contributed by atoms with Crippen molar-refractivity contribution < 1.29 is 45.1 Å². The number of benzene rings is 1. The van der Waals surface area contributed by atoms with Crippen LogP contribution in [0.5, 0.6) is 0 Å². The summed E-state index contributed by atoms with van der Waals surface area (Å²) < 4.78 is 99.1. The number of anilines is 2. The van der Waals surface area contributed by atoms with E-state index in [1.165, 1.54) is 11.8 Å². The number of nitrogens with one attached hydrogen (secondary N) is 2. The highest BCUT2D eigenvalue weighted by Crippen LogP contribution is 2.39. The van der Waals surface area contributed by atoms with E-state index >= 15 is 0 Å². The minimum absolute atomic E-state index is 0.114. The third-order valence-electron chi connectivity index (χ3n) is 4.79. The molecule has 0 bridgehead atoms. The van der Waals surface area contributed by atoms with Crippen LogP contribution in [0.1, 0.15) is 45.0 Å². The van der Waals surface area contributed by atoms with Gasteiger partial charge in [-0.15, -0.1) is 11.3 Å². The van der Waals surface area contributed by atoms with E-state index in [1.807, 2.05) is 0 Å². The molecule has 0 unspecified atom stereocenters. The van der Waals surface area contributed by atoms with Gasteiger partial charge in [0.05, 0.1) is 17.6 Å². The summed E-state index contributed by atoms with van der Waals surface area (Å²) in [5.74, 6) is -11.4. The van der Waals surface area contributed by atoms with Crippen molar-refractivity contribution >= 4 is 51.2 Å². The molecule has 0 radical (unpaired) electrons. The Hall–Kier alpha value is -2.94. The number of amides is 1. The molecule has 0 aliphatic rings. The molecule has 0 aliphatic carbocycles. The maximum absolute atomic E-state index is 14.2. The number of thiocarbonyl (C=S) groups is 1. The molecule has 6 nitrogen and oxygen atoms in total. The van der Waals surface area contributed by atoms with Crippen molar-refractivity contribution in [1.82, 2.24) is 4.90 Å². The second kappa shape index (κ2) is 10.8. The number of hydrogen-bond acceptors (Lipinski definition) is 5. The van der Waals surface area contributed by atoms with E-state index in [0.29, 0.717) is 13.1 Å². The smallest absolute Gasteiger partial charge is 0.422 e. The van der Waals surface area contributed by atoms with Crippen LogP contribution in [0.15, 0.2) is 0 Å². The third-order valence-corrected chi connectivity index (χ3v) is 6.19. The Labute approximate surface area is 204 Å². The Morgan fingerprint density at radius 3 is 1.94 bits per heavy atom. The summed E-state index contributed by atoms with van der Waals surface area (Å²) in [4.78, 5) is 26.7. The molecule has 2 rings (SSSR count). The van der Waals surface area contributed by atoms with Crippen LogP contribution in [0.4, 0.5) is 41.4 Å². The predicted molar refractivity (Wildman–Crippen MR) is 119 cm³/mol. The van der Waals surface area contributed by atoms with Gasteiger partial charge in [-0.1, -0.05) is 0 Å². The van der Waals surface area contributed by atoms with Crippen LogP contribution in [0.25, 0.3) is 0 Å². The lowest BCUT2D eigenvalue weighted by Gasteiger charge is -2.18. The molecular weight excluding hydrogens is 527 g/mol. The Balaban J connectivity index is 2.49. The van der Waals surface area contributed by atoms with Crippen LogP contribution >= 0.6 is 23.6 Å². The lowest BCUT2D eigenvalue weighted by Crippen LogP contribution is -2.30. The molecule has 2 N–H and O–H groups in total. The SMILES string of the molecule is CCN(CC)C(=O)c1sc(NC(=S)Nc2c(F)c(F)c(C(F)(F)F)c(F)c2F)c(C(=O)OC)c1C. The molecule has 2 aromatic rings. The fourth-order valence-corrected chi connectivity index (χ4v) is 4.48. The van der Waals surface area contributed by atoms with Crippen LogP contribution in [0.3, 0.4) is 0 Å². The van der Waals surface area contributed by atoms with Gasteiger partial charge in [0.25, 0.3) is 5.91 Å². The van der Waals surface area contributed by atoms with E-state index in [1.54, 1.807) is 19.2 Å². The van der Waals surface area contributed by atoms with Gasteiger partial charge < -0.3 is 20.3 Å². The van der Waals surface area contributed by atoms with Crippen LogP contribution in [-0.4, -0.2) is 42.1 Å². The number of carbonyl (C=O) groups excluding carboxylic acids is 2. The summed E-state index contributed by atoms with van der Waals surface area (Å²) in [6.45, 7) is 5.62. The monoisotopic (exact) mass is 545 g/mol. The van der Waals surface area contributed by atoms with Gasteiger partial charge in [-0.3, -0.25) is 4.79 Å². The molecule has 15 heteroatoms. The van der Waals surface area contributed by atoms with Crippen molar-refractivity contribution in [3.05, 3.63) is 44.8 Å². The van der Waals surface area contributed by atoms with Gasteiger partial charge in [0.2, 0.25) is 0 Å². The standard InChI is InChI=1S/C20H18F7N3O3S2/c1-5-30(6-2)17(31)15-7(3)8(18(32)33-4)16(35-15)29-19(34)28-14-12(23)10(21)9(20(25,26)27)11(22)13(14)24/h5-6H2,1-4H3,(H2,28,29,34). The zero-order valence-electron chi connectivity index (χ0n) is 18.5. The number of methoxy groups -OCH3 is 1. The average molecular weight is 546 g/mol. The van der Waals surface area contributed by atoms with Crippen LogP contribution in [-0.2, 0) is 10.9 Å². The summed E-state index contributed by atoms with van der Waals surface area (Å²) in [6, 6.07) is 0. The molecule has 0 aliphatic heterocycles. The van der Waals surface area contributed by atoms with Gasteiger partial charge in [-0.05, 0) is 38.6 Å². The van der Waals surface area contributed by atoms with E-state index in [9.17, 15) is 40.3 Å². The number of carbonyl (C=O) groups is 2. The van der Waals surface area contributed by atoms with E-state index in [4.69, 9.17) is 17.0 Å². The molecule has 0 fully saturated rings. The van der Waals surface area contributed by atoms with Gasteiger partial charge in [0.1, 0.15) is 16.3 Å². The maximum Gasteiger partial charge on any atom is 0.422 e. The van der Waals surface area contributed by atoms with Crippen LogP contribution < -0.4 is 10.6 Å². The molecule has 192 valence electrons. The highest BCUT2D eigenvalue weighted by molar-refractivity contribution is 7.80. The first kappa shape index (κ1) is 28.3. The Bertz CT molecular complexity index is 1150. The van der Waals surface area contributed by atoms with Gasteiger partial charge in [0, 0.05) is 13.1 Å². The van der Waals surface area contributed by atoms with Crippen molar-refractivity contribution in [2.75, 3.05) is 30.8 Å². The summed E-state index contributed by atoms with van der Waals surface area (Å²) >= 11 is 5.61. The first-order valence-electron chi connectivity index (χ1n) is 9.73. The quantitative estimate of drug-likeness (QED) is 0.210. The normalized spacial score (nSPS) is 11.3. The van der Waals surface area contributed by atoms with Gasteiger partial charge in [-0.25, -0.2) is 22.4 Å². The lowest BCUT2D eigenvalue weighted by atomic mass is 10.1. The molecule has 1 aromatic carbocycles. The van der Waals surface area contributed by atoms with Crippen molar-refractivity contribution in [3.8, 4) is 0 Å². The second-order valence-corrected chi connectivity index (χ2v) is 8.24. The minimum Gasteiger partial charge on any atom is -0.465 e. The highest BCUT2D eigenvalue weighted by atomic mass is 32.1.